The predicted octanol–water partition coefficient (Wildman–Crippen LogP) is 3.63. The molecule has 0 amide bonds. The summed E-state index contributed by atoms with van der Waals surface area (Å²) in [6, 6.07) is 3.48. The molecular formula is C15H21NO2. The number of hydrogen-bond donors (Lipinski definition) is 0. The number of ether oxygens (including phenoxy) is 1. The third-order valence-corrected chi connectivity index (χ3v) is 3.74. The monoisotopic (exact) mass is 247 g/mol. The van der Waals surface area contributed by atoms with Crippen LogP contribution in [0.4, 0.5) is 0 Å². The molecule has 1 heterocycles. The van der Waals surface area contributed by atoms with Crippen LogP contribution in [0.5, 0.6) is 5.88 Å². The molecule has 1 saturated carbocycles. The van der Waals surface area contributed by atoms with Gasteiger partial charge in [-0.15, -0.1) is 0 Å². The number of ketones is 1. The van der Waals surface area contributed by atoms with Crippen LogP contribution in [0.15, 0.2) is 18.3 Å². The Hall–Kier alpha value is -1.38. The highest BCUT2D eigenvalue weighted by atomic mass is 16.5. The lowest BCUT2D eigenvalue weighted by Crippen LogP contribution is -2.25. The standard InChI is InChI=1S/C15H21NO2/c1-3-12-5-4-6-14(9-12)18-15-10-13(11(2)17)7-8-16-15/h7-8,10,12,14H,3-6,9H2,1-2H3. The van der Waals surface area contributed by atoms with E-state index >= 15 is 0 Å². The summed E-state index contributed by atoms with van der Waals surface area (Å²) in [6.07, 6.45) is 7.89. The summed E-state index contributed by atoms with van der Waals surface area (Å²) in [4.78, 5) is 15.5. The second-order valence-electron chi connectivity index (χ2n) is 5.12. The Bertz CT molecular complexity index is 417. The molecule has 0 N–H and O–H groups in total. The van der Waals surface area contributed by atoms with Crippen LogP contribution < -0.4 is 4.74 Å². The molecule has 2 rings (SSSR count). The summed E-state index contributed by atoms with van der Waals surface area (Å²) in [5.41, 5.74) is 0.669. The molecule has 1 aromatic heterocycles. The summed E-state index contributed by atoms with van der Waals surface area (Å²) in [7, 11) is 0. The van der Waals surface area contributed by atoms with Crippen LogP contribution in [0.1, 0.15) is 56.3 Å². The van der Waals surface area contributed by atoms with Gasteiger partial charge < -0.3 is 4.74 Å². The third-order valence-electron chi connectivity index (χ3n) is 3.74. The molecule has 2 unspecified atom stereocenters. The van der Waals surface area contributed by atoms with Crippen LogP contribution in [0.2, 0.25) is 0 Å². The van der Waals surface area contributed by atoms with E-state index in [2.05, 4.69) is 11.9 Å². The van der Waals surface area contributed by atoms with Crippen molar-refractivity contribution in [3.05, 3.63) is 23.9 Å². The lowest BCUT2D eigenvalue weighted by atomic mass is 9.85. The Balaban J connectivity index is 2.00. The molecule has 3 heteroatoms. The molecule has 0 aliphatic heterocycles. The minimum atomic E-state index is 0.0531. The molecule has 1 fully saturated rings. The second-order valence-corrected chi connectivity index (χ2v) is 5.12. The van der Waals surface area contributed by atoms with Crippen LogP contribution in [0.25, 0.3) is 0 Å². The number of carbonyl (C=O) groups excluding carboxylic acids is 1. The van der Waals surface area contributed by atoms with Crippen LogP contribution in [-0.4, -0.2) is 16.9 Å². The summed E-state index contributed by atoms with van der Waals surface area (Å²) in [6.45, 7) is 3.80. The molecule has 1 aromatic rings. The maximum Gasteiger partial charge on any atom is 0.214 e. The maximum absolute atomic E-state index is 11.3. The molecule has 18 heavy (non-hydrogen) atoms. The summed E-state index contributed by atoms with van der Waals surface area (Å²) >= 11 is 0. The molecule has 0 radical (unpaired) electrons. The van der Waals surface area contributed by atoms with Gasteiger partial charge in [0.15, 0.2) is 5.78 Å². The molecule has 0 aromatic carbocycles. The van der Waals surface area contributed by atoms with E-state index < -0.39 is 0 Å². The molecule has 0 spiro atoms. The first-order chi connectivity index (χ1) is 8.69. The van der Waals surface area contributed by atoms with Crippen LogP contribution >= 0.6 is 0 Å². The fourth-order valence-electron chi connectivity index (χ4n) is 2.58. The second kappa shape index (κ2) is 5.98. The number of rotatable bonds is 4. The Kier molecular flexibility index (Phi) is 4.34. The van der Waals surface area contributed by atoms with Crippen molar-refractivity contribution in [2.45, 2.75) is 52.1 Å². The number of carbonyl (C=O) groups is 1. The van der Waals surface area contributed by atoms with Gasteiger partial charge in [-0.1, -0.05) is 19.8 Å². The van der Waals surface area contributed by atoms with Crippen molar-refractivity contribution in [3.63, 3.8) is 0 Å². The number of hydrogen-bond acceptors (Lipinski definition) is 3. The van der Waals surface area contributed by atoms with Gasteiger partial charge in [-0.3, -0.25) is 4.79 Å². The summed E-state index contributed by atoms with van der Waals surface area (Å²) in [5.74, 6) is 1.42. The van der Waals surface area contributed by atoms with Gasteiger partial charge in [0, 0.05) is 17.8 Å². The van der Waals surface area contributed by atoms with Gasteiger partial charge >= 0.3 is 0 Å². The third kappa shape index (κ3) is 3.31. The van der Waals surface area contributed by atoms with E-state index in [1.807, 2.05) is 0 Å². The van der Waals surface area contributed by atoms with Crippen molar-refractivity contribution in [1.82, 2.24) is 4.98 Å². The smallest absolute Gasteiger partial charge is 0.214 e. The lowest BCUT2D eigenvalue weighted by Gasteiger charge is -2.28. The number of pyridine rings is 1. The predicted molar refractivity (Wildman–Crippen MR) is 70.9 cm³/mol. The highest BCUT2D eigenvalue weighted by Crippen LogP contribution is 2.29. The molecule has 1 aliphatic rings. The van der Waals surface area contributed by atoms with E-state index in [1.54, 1.807) is 25.3 Å². The van der Waals surface area contributed by atoms with Crippen molar-refractivity contribution in [2.24, 2.45) is 5.92 Å². The van der Waals surface area contributed by atoms with Crippen molar-refractivity contribution in [1.29, 1.82) is 0 Å². The first-order valence-corrected chi connectivity index (χ1v) is 6.82. The molecule has 98 valence electrons. The van der Waals surface area contributed by atoms with Gasteiger partial charge in [0.1, 0.15) is 6.10 Å². The maximum atomic E-state index is 11.3. The summed E-state index contributed by atoms with van der Waals surface area (Å²) in [5, 5.41) is 0. The Morgan fingerprint density at radius 1 is 1.50 bits per heavy atom. The number of aromatic nitrogens is 1. The SMILES string of the molecule is CCC1CCCC(Oc2cc(C(C)=O)ccn2)C1. The fourth-order valence-corrected chi connectivity index (χ4v) is 2.58. The fraction of sp³-hybridized carbons (Fsp3) is 0.600. The van der Waals surface area contributed by atoms with E-state index in [-0.39, 0.29) is 11.9 Å². The zero-order valence-corrected chi connectivity index (χ0v) is 11.2. The topological polar surface area (TPSA) is 39.2 Å². The largest absolute Gasteiger partial charge is 0.474 e. The first kappa shape index (κ1) is 13.1. The van der Waals surface area contributed by atoms with Gasteiger partial charge in [-0.25, -0.2) is 4.98 Å². The Morgan fingerprint density at radius 2 is 2.33 bits per heavy atom. The van der Waals surface area contributed by atoms with Crippen LogP contribution in [0, 0.1) is 5.92 Å². The normalized spacial score (nSPS) is 23.7. The zero-order chi connectivity index (χ0) is 13.0. The van der Waals surface area contributed by atoms with Crippen LogP contribution in [-0.2, 0) is 0 Å². The van der Waals surface area contributed by atoms with Gasteiger partial charge in [-0.2, -0.15) is 0 Å². The van der Waals surface area contributed by atoms with E-state index in [0.717, 1.165) is 18.8 Å². The van der Waals surface area contributed by atoms with Gasteiger partial charge in [-0.05, 0) is 38.2 Å². The van der Waals surface area contributed by atoms with Gasteiger partial charge in [0.25, 0.3) is 0 Å². The minimum Gasteiger partial charge on any atom is -0.474 e. The molecule has 1 aliphatic carbocycles. The van der Waals surface area contributed by atoms with E-state index in [9.17, 15) is 4.79 Å². The van der Waals surface area contributed by atoms with Gasteiger partial charge in [0.05, 0.1) is 0 Å². The molecular weight excluding hydrogens is 226 g/mol. The quantitative estimate of drug-likeness (QED) is 0.763. The number of Topliss-reactive ketones (excluding diaryl/α,β-unsaturated/α-hetero) is 1. The highest BCUT2D eigenvalue weighted by Gasteiger charge is 2.22. The average molecular weight is 247 g/mol. The minimum absolute atomic E-state index is 0.0531. The van der Waals surface area contributed by atoms with Crippen molar-refractivity contribution in [2.75, 3.05) is 0 Å². The Labute approximate surface area is 109 Å². The van der Waals surface area contributed by atoms with Crippen LogP contribution in [0.3, 0.4) is 0 Å². The van der Waals surface area contributed by atoms with Crippen molar-refractivity contribution in [3.8, 4) is 5.88 Å². The van der Waals surface area contributed by atoms with E-state index in [1.165, 1.54) is 19.3 Å². The van der Waals surface area contributed by atoms with E-state index in [0.29, 0.717) is 11.4 Å². The lowest BCUT2D eigenvalue weighted by molar-refractivity contribution is 0.101. The summed E-state index contributed by atoms with van der Waals surface area (Å²) < 4.78 is 5.91. The van der Waals surface area contributed by atoms with Gasteiger partial charge in [0.2, 0.25) is 5.88 Å². The molecule has 3 nitrogen and oxygen atoms in total. The molecule has 0 saturated heterocycles. The number of nitrogens with zero attached hydrogens (tertiary/aromatic N) is 1. The molecule has 2 atom stereocenters. The van der Waals surface area contributed by atoms with Crippen molar-refractivity contribution < 1.29 is 9.53 Å². The first-order valence-electron chi connectivity index (χ1n) is 6.82. The Morgan fingerprint density at radius 3 is 3.06 bits per heavy atom. The van der Waals surface area contributed by atoms with E-state index in [4.69, 9.17) is 4.74 Å². The molecule has 0 bridgehead atoms. The zero-order valence-electron chi connectivity index (χ0n) is 11.2. The van der Waals surface area contributed by atoms with Crippen molar-refractivity contribution >= 4 is 5.78 Å². The highest BCUT2D eigenvalue weighted by molar-refractivity contribution is 5.94. The average Bonchev–Trinajstić information content (AvgIpc) is 2.39.